The molecule has 1 amide bonds. The molecule has 0 saturated heterocycles. The summed E-state index contributed by atoms with van der Waals surface area (Å²) in [5.74, 6) is -0.0231. The first kappa shape index (κ1) is 14.5. The number of rotatable bonds is 8. The maximum atomic E-state index is 11.0. The van der Waals surface area contributed by atoms with Crippen molar-refractivity contribution in [3.05, 3.63) is 0 Å². The lowest BCUT2D eigenvalue weighted by Gasteiger charge is -2.27. The minimum Gasteiger partial charge on any atom is -0.396 e. The first-order valence-corrected chi connectivity index (χ1v) is 6.87. The maximum Gasteiger partial charge on any atom is 0.220 e. The number of unbranched alkanes of at least 4 members (excludes halogenated alkanes) is 3. The van der Waals surface area contributed by atoms with Crippen LogP contribution in [0.5, 0.6) is 0 Å². The Morgan fingerprint density at radius 3 is 2.35 bits per heavy atom. The zero-order valence-electron chi connectivity index (χ0n) is 10.7. The molecule has 0 heterocycles. The van der Waals surface area contributed by atoms with Crippen molar-refractivity contribution in [2.24, 2.45) is 11.7 Å². The van der Waals surface area contributed by atoms with E-state index in [1.807, 2.05) is 0 Å². The average Bonchev–Trinajstić information content (AvgIpc) is 2.34. The van der Waals surface area contributed by atoms with Gasteiger partial charge in [-0.2, -0.15) is 0 Å². The second kappa shape index (κ2) is 8.48. The van der Waals surface area contributed by atoms with Crippen LogP contribution < -0.4 is 11.1 Å². The Balaban J connectivity index is 1.97. The fourth-order valence-electron chi connectivity index (χ4n) is 2.48. The van der Waals surface area contributed by atoms with E-state index >= 15 is 0 Å². The summed E-state index contributed by atoms with van der Waals surface area (Å²) in [7, 11) is 0. The molecule has 0 spiro atoms. The van der Waals surface area contributed by atoms with Crippen molar-refractivity contribution in [2.75, 3.05) is 13.2 Å². The SMILES string of the molecule is NC(=O)C1CCC(NCCCCCCO)CC1. The number of primary amides is 1. The van der Waals surface area contributed by atoms with Crippen LogP contribution in [-0.4, -0.2) is 30.2 Å². The highest BCUT2D eigenvalue weighted by Gasteiger charge is 2.23. The fourth-order valence-corrected chi connectivity index (χ4v) is 2.48. The molecule has 100 valence electrons. The third-order valence-electron chi connectivity index (χ3n) is 3.65. The summed E-state index contributed by atoms with van der Waals surface area (Å²) in [6, 6.07) is 0.573. The van der Waals surface area contributed by atoms with Crippen LogP contribution in [-0.2, 0) is 4.79 Å². The van der Waals surface area contributed by atoms with E-state index < -0.39 is 0 Å². The van der Waals surface area contributed by atoms with Crippen molar-refractivity contribution in [2.45, 2.75) is 57.4 Å². The highest BCUT2D eigenvalue weighted by Crippen LogP contribution is 2.23. The third-order valence-corrected chi connectivity index (χ3v) is 3.65. The van der Waals surface area contributed by atoms with Gasteiger partial charge in [-0.25, -0.2) is 0 Å². The number of hydrogen-bond acceptors (Lipinski definition) is 3. The zero-order chi connectivity index (χ0) is 12.5. The van der Waals surface area contributed by atoms with Gasteiger partial charge in [0, 0.05) is 18.6 Å². The second-order valence-corrected chi connectivity index (χ2v) is 5.04. The Hall–Kier alpha value is -0.610. The molecule has 17 heavy (non-hydrogen) atoms. The molecule has 0 radical (unpaired) electrons. The molecule has 4 heteroatoms. The van der Waals surface area contributed by atoms with E-state index in [1.165, 1.54) is 12.8 Å². The smallest absolute Gasteiger partial charge is 0.220 e. The van der Waals surface area contributed by atoms with Gasteiger partial charge in [0.05, 0.1) is 0 Å². The molecule has 0 aliphatic heterocycles. The average molecular weight is 242 g/mol. The summed E-state index contributed by atoms with van der Waals surface area (Å²) < 4.78 is 0. The van der Waals surface area contributed by atoms with Gasteiger partial charge < -0.3 is 16.2 Å². The second-order valence-electron chi connectivity index (χ2n) is 5.04. The lowest BCUT2D eigenvalue weighted by atomic mass is 9.85. The van der Waals surface area contributed by atoms with E-state index in [-0.39, 0.29) is 11.8 Å². The Kier molecular flexibility index (Phi) is 7.21. The van der Waals surface area contributed by atoms with Crippen molar-refractivity contribution in [3.63, 3.8) is 0 Å². The number of hydrogen-bond donors (Lipinski definition) is 3. The van der Waals surface area contributed by atoms with Crippen molar-refractivity contribution < 1.29 is 9.90 Å². The number of aliphatic hydroxyl groups excluding tert-OH is 1. The zero-order valence-corrected chi connectivity index (χ0v) is 10.7. The van der Waals surface area contributed by atoms with Crippen LogP contribution in [0.1, 0.15) is 51.4 Å². The molecule has 0 unspecified atom stereocenters. The number of amides is 1. The molecule has 4 nitrogen and oxygen atoms in total. The molecule has 1 fully saturated rings. The highest BCUT2D eigenvalue weighted by molar-refractivity contribution is 5.76. The van der Waals surface area contributed by atoms with E-state index in [0.717, 1.165) is 45.1 Å². The Labute approximate surface area is 104 Å². The molecular weight excluding hydrogens is 216 g/mol. The molecule has 1 aliphatic rings. The summed E-state index contributed by atoms with van der Waals surface area (Å²) >= 11 is 0. The molecule has 4 N–H and O–H groups in total. The summed E-state index contributed by atoms with van der Waals surface area (Å²) in [4.78, 5) is 11.0. The van der Waals surface area contributed by atoms with Crippen LogP contribution in [0.4, 0.5) is 0 Å². The molecule has 1 saturated carbocycles. The molecule has 0 bridgehead atoms. The van der Waals surface area contributed by atoms with Gasteiger partial charge in [-0.15, -0.1) is 0 Å². The standard InChI is InChI=1S/C13H26N2O2/c14-13(17)11-5-7-12(8-6-11)15-9-3-1-2-4-10-16/h11-12,15-16H,1-10H2,(H2,14,17). The molecule has 1 rings (SSSR count). The van der Waals surface area contributed by atoms with Gasteiger partial charge in [-0.1, -0.05) is 12.8 Å². The first-order chi connectivity index (χ1) is 8.24. The van der Waals surface area contributed by atoms with Crippen molar-refractivity contribution in [1.29, 1.82) is 0 Å². The predicted octanol–water partition coefficient (Wildman–Crippen LogP) is 1.17. The number of carbonyl (C=O) groups excluding carboxylic acids is 1. The molecule has 1 aliphatic carbocycles. The van der Waals surface area contributed by atoms with Crippen LogP contribution in [0.15, 0.2) is 0 Å². The lowest BCUT2D eigenvalue weighted by molar-refractivity contribution is -0.122. The Bertz CT molecular complexity index is 213. The number of carbonyl (C=O) groups is 1. The summed E-state index contributed by atoms with van der Waals surface area (Å²) in [5.41, 5.74) is 5.30. The fraction of sp³-hybridized carbons (Fsp3) is 0.923. The quantitative estimate of drug-likeness (QED) is 0.559. The van der Waals surface area contributed by atoms with Crippen molar-refractivity contribution >= 4 is 5.91 Å². The minimum absolute atomic E-state index is 0.109. The van der Waals surface area contributed by atoms with Gasteiger partial charge in [0.2, 0.25) is 5.91 Å². The summed E-state index contributed by atoms with van der Waals surface area (Å²) in [5, 5.41) is 12.2. The van der Waals surface area contributed by atoms with Gasteiger partial charge in [-0.3, -0.25) is 4.79 Å². The van der Waals surface area contributed by atoms with Crippen LogP contribution in [0, 0.1) is 5.92 Å². The van der Waals surface area contributed by atoms with E-state index in [1.54, 1.807) is 0 Å². The van der Waals surface area contributed by atoms with E-state index in [0.29, 0.717) is 12.6 Å². The Morgan fingerprint density at radius 1 is 1.12 bits per heavy atom. The largest absolute Gasteiger partial charge is 0.396 e. The van der Waals surface area contributed by atoms with Crippen LogP contribution in [0.25, 0.3) is 0 Å². The van der Waals surface area contributed by atoms with Gasteiger partial charge in [0.1, 0.15) is 0 Å². The lowest BCUT2D eigenvalue weighted by Crippen LogP contribution is -2.37. The first-order valence-electron chi connectivity index (χ1n) is 6.87. The van der Waals surface area contributed by atoms with Gasteiger partial charge in [0.15, 0.2) is 0 Å². The molecule has 0 aromatic carbocycles. The van der Waals surface area contributed by atoms with Crippen molar-refractivity contribution in [3.8, 4) is 0 Å². The molecule has 0 aromatic rings. The minimum atomic E-state index is -0.132. The van der Waals surface area contributed by atoms with Crippen molar-refractivity contribution in [1.82, 2.24) is 5.32 Å². The number of nitrogens with two attached hydrogens (primary N) is 1. The Morgan fingerprint density at radius 2 is 1.76 bits per heavy atom. The molecular formula is C13H26N2O2. The monoisotopic (exact) mass is 242 g/mol. The maximum absolute atomic E-state index is 11.0. The molecule has 0 aromatic heterocycles. The molecule has 0 atom stereocenters. The summed E-state index contributed by atoms with van der Waals surface area (Å²) in [6.07, 6.45) is 8.43. The van der Waals surface area contributed by atoms with Gasteiger partial charge >= 0.3 is 0 Å². The topological polar surface area (TPSA) is 75.4 Å². The van der Waals surface area contributed by atoms with Gasteiger partial charge in [-0.05, 0) is 45.1 Å². The van der Waals surface area contributed by atoms with E-state index in [2.05, 4.69) is 5.32 Å². The normalized spacial score (nSPS) is 24.8. The third kappa shape index (κ3) is 6.03. The highest BCUT2D eigenvalue weighted by atomic mass is 16.2. The van der Waals surface area contributed by atoms with Crippen LogP contribution >= 0.6 is 0 Å². The van der Waals surface area contributed by atoms with E-state index in [4.69, 9.17) is 10.8 Å². The predicted molar refractivity (Wildman–Crippen MR) is 68.5 cm³/mol. The van der Waals surface area contributed by atoms with Crippen LogP contribution in [0.3, 0.4) is 0 Å². The van der Waals surface area contributed by atoms with Crippen LogP contribution in [0.2, 0.25) is 0 Å². The van der Waals surface area contributed by atoms with Gasteiger partial charge in [0.25, 0.3) is 0 Å². The van der Waals surface area contributed by atoms with E-state index in [9.17, 15) is 4.79 Å². The number of aliphatic hydroxyl groups is 1. The summed E-state index contributed by atoms with van der Waals surface area (Å²) in [6.45, 7) is 1.36. The number of nitrogens with one attached hydrogen (secondary N) is 1.